The van der Waals surface area contributed by atoms with E-state index in [4.69, 9.17) is 23.1 Å². The van der Waals surface area contributed by atoms with Crippen LogP contribution >= 0.6 is 0 Å². The van der Waals surface area contributed by atoms with Crippen molar-refractivity contribution in [2.24, 2.45) is 0 Å². The minimum absolute atomic E-state index is 0.634. The van der Waals surface area contributed by atoms with Gasteiger partial charge in [0.2, 0.25) is 0 Å². The normalized spacial score (nSPS) is 11.7. The highest BCUT2D eigenvalue weighted by atomic mass is 15.0. The molecule has 0 aliphatic rings. The summed E-state index contributed by atoms with van der Waals surface area (Å²) in [6.07, 6.45) is 7.70. The molecule has 16 aromatic carbocycles. The number of hydrogen-bond donors (Lipinski definition) is 0. The van der Waals surface area contributed by atoms with E-state index in [-0.39, 0.29) is 0 Å². The Kier molecular flexibility index (Phi) is 13.3. The van der Waals surface area contributed by atoms with Gasteiger partial charge in [-0.3, -0.25) is 15.0 Å². The molecule has 7 nitrogen and oxygen atoms in total. The second-order valence-corrected chi connectivity index (χ2v) is 26.6. The van der Waals surface area contributed by atoms with Gasteiger partial charge in [-0.15, -0.1) is 0 Å². The highest BCUT2D eigenvalue weighted by molar-refractivity contribution is 6.26. The van der Waals surface area contributed by atoms with E-state index in [1.165, 1.54) is 92.1 Å². The van der Waals surface area contributed by atoms with Crippen LogP contribution in [0.25, 0.3) is 207 Å². The van der Waals surface area contributed by atoms with Gasteiger partial charge in [-0.1, -0.05) is 188 Å². The monoisotopic (exact) mass is 1290 g/mol. The predicted molar refractivity (Wildman–Crippen MR) is 425 cm³/mol. The van der Waals surface area contributed by atoms with Crippen LogP contribution in [0.4, 0.5) is 11.4 Å². The van der Waals surface area contributed by atoms with Crippen LogP contribution in [0.1, 0.15) is 0 Å². The largest absolute Gasteiger partial charge is 0.310 e. The Balaban J connectivity index is 0.000000137. The second-order valence-electron chi connectivity index (χ2n) is 26.6. The third kappa shape index (κ3) is 9.60. The van der Waals surface area contributed by atoms with Crippen molar-refractivity contribution < 1.29 is 0 Å². The van der Waals surface area contributed by atoms with Crippen molar-refractivity contribution in [3.05, 3.63) is 357 Å². The second kappa shape index (κ2) is 23.3. The van der Waals surface area contributed by atoms with E-state index >= 15 is 0 Å². The molecule has 0 atom stereocenters. The molecule has 0 radical (unpaired) electrons. The van der Waals surface area contributed by atoms with Gasteiger partial charge < -0.3 is 9.13 Å². The van der Waals surface area contributed by atoms with Crippen LogP contribution in [-0.4, -0.2) is 24.1 Å². The molecule has 0 aliphatic heterocycles. The van der Waals surface area contributed by atoms with Crippen LogP contribution in [-0.2, 0) is 0 Å². The van der Waals surface area contributed by atoms with Gasteiger partial charge in [0.15, 0.2) is 11.4 Å². The number of para-hydroxylation sites is 2. The van der Waals surface area contributed by atoms with E-state index in [1.54, 1.807) is 0 Å². The quantitative estimate of drug-likeness (QED) is 0.113. The Hall–Kier alpha value is -14.1. The average molecular weight is 1290 g/mol. The summed E-state index contributed by atoms with van der Waals surface area (Å²) in [5.41, 5.74) is 20.9. The predicted octanol–water partition coefficient (Wildman–Crippen LogP) is 25.8. The van der Waals surface area contributed by atoms with E-state index < -0.39 is 0 Å². The van der Waals surface area contributed by atoms with Crippen molar-refractivity contribution in [3.8, 4) is 78.4 Å². The average Bonchev–Trinajstić information content (AvgIpc) is 1.39. The third-order valence-corrected chi connectivity index (χ3v) is 20.7. The van der Waals surface area contributed by atoms with Crippen LogP contribution in [0, 0.1) is 13.1 Å². The van der Waals surface area contributed by atoms with Gasteiger partial charge in [0.05, 0.1) is 35.6 Å². The molecule has 0 saturated carbocycles. The number of aromatic nitrogens is 5. The lowest BCUT2D eigenvalue weighted by Crippen LogP contribution is -1.93. The Bertz CT molecular complexity index is 6910. The molecule has 102 heavy (non-hydrogen) atoms. The maximum absolute atomic E-state index is 7.61. The molecule has 5 heterocycles. The number of benzene rings is 16. The molecule has 0 N–H and O–H groups in total. The van der Waals surface area contributed by atoms with Crippen LogP contribution in [0.15, 0.2) is 334 Å². The number of rotatable bonds is 8. The molecule has 7 heteroatoms. The molecule has 0 saturated heterocycles. The fourth-order valence-electron chi connectivity index (χ4n) is 15.9. The zero-order valence-electron chi connectivity index (χ0n) is 54.9. The maximum atomic E-state index is 7.61. The molecule has 21 aromatic rings. The Morgan fingerprint density at radius 1 is 0.235 bits per heavy atom. The van der Waals surface area contributed by atoms with Crippen LogP contribution in [0.2, 0.25) is 0 Å². The summed E-state index contributed by atoms with van der Waals surface area (Å²) in [4.78, 5) is 21.7. The van der Waals surface area contributed by atoms with Crippen molar-refractivity contribution in [2.45, 2.75) is 0 Å². The van der Waals surface area contributed by atoms with E-state index in [0.29, 0.717) is 11.4 Å². The van der Waals surface area contributed by atoms with Gasteiger partial charge in [0.25, 0.3) is 0 Å². The lowest BCUT2D eigenvalue weighted by Gasteiger charge is -2.15. The summed E-state index contributed by atoms with van der Waals surface area (Å²) in [5.74, 6) is 0. The van der Waals surface area contributed by atoms with E-state index in [0.717, 1.165) is 105 Å². The molecule has 470 valence electrons. The van der Waals surface area contributed by atoms with E-state index in [9.17, 15) is 0 Å². The van der Waals surface area contributed by atoms with E-state index in [1.807, 2.05) is 67.3 Å². The van der Waals surface area contributed by atoms with Gasteiger partial charge in [-0.25, -0.2) is 9.69 Å². The van der Waals surface area contributed by atoms with Crippen LogP contribution < -0.4 is 0 Å². The molecule has 0 aliphatic carbocycles. The fourth-order valence-corrected chi connectivity index (χ4v) is 15.9. The Morgan fingerprint density at radius 3 is 0.971 bits per heavy atom. The number of hydrogen-bond acceptors (Lipinski definition) is 3. The molecule has 21 rings (SSSR count). The summed E-state index contributed by atoms with van der Waals surface area (Å²) in [7, 11) is 0. The van der Waals surface area contributed by atoms with Crippen LogP contribution in [0.5, 0.6) is 0 Å². The summed E-state index contributed by atoms with van der Waals surface area (Å²) in [6.45, 7) is 15.2. The molecule has 0 fully saturated rings. The van der Waals surface area contributed by atoms with Gasteiger partial charge in [-0.2, -0.15) is 0 Å². The number of pyridine rings is 3. The highest BCUT2D eigenvalue weighted by Crippen LogP contribution is 2.44. The molecule has 0 spiro atoms. The standard InChI is InChI=1S/C50H29N3.C45H26N4/c1-51-42-19-21-45-44-20-17-34(28-47(44)53(48(45)29-42)43-9-3-2-4-10-43)39-18-22-46(52-30-39)41-26-37-15-13-35-24-40(25-36-14-16-38(27-41)50(37)49(35)36)33-12-11-31-7-5-6-8-32(31)23-33;1-46-37-15-17-40-39-16-13-28(24-42(39)49(43(40)25-37)38-7-3-2-4-8-38)34-14-18-41(48-27-34)36-22-31-11-9-29-20-35(33-6-5-19-47-26-33)21-30-10-12-32(23-36)45(31)44(29)30/h2-30H;2-27H. The topological polar surface area (TPSA) is 57.2 Å². The van der Waals surface area contributed by atoms with Crippen molar-refractivity contribution in [2.75, 3.05) is 0 Å². The van der Waals surface area contributed by atoms with Gasteiger partial charge in [-0.05, 0) is 225 Å². The molecule has 0 bridgehead atoms. The van der Waals surface area contributed by atoms with Gasteiger partial charge >= 0.3 is 0 Å². The third-order valence-electron chi connectivity index (χ3n) is 20.7. The SMILES string of the molecule is [C-]#[N+]c1ccc2c3ccc(-c4ccc(-c5cc6ccc7cc(-c8ccc9ccccc9c8)cc8ccc(c5)c6c78)nc4)cc3n(-c3ccccc3)c2c1.[C-]#[N+]c1ccc2c3ccc(-c4ccc(-c5cc6ccc7cc(-c8cccnc8)cc8ccc(c5)c6c78)nc4)cc3n(-c3ccccc3)c2c1. The van der Waals surface area contributed by atoms with Crippen molar-refractivity contribution in [1.82, 2.24) is 24.1 Å². The summed E-state index contributed by atoms with van der Waals surface area (Å²) < 4.78 is 4.52. The smallest absolute Gasteiger partial charge is 0.189 e. The maximum Gasteiger partial charge on any atom is 0.189 e. The Labute approximate surface area is 586 Å². The number of fused-ring (bicyclic) bond motifs is 7. The lowest BCUT2D eigenvalue weighted by molar-refractivity contribution is 1.18. The zero-order chi connectivity index (χ0) is 67.5. The number of nitrogens with zero attached hydrogens (tertiary/aromatic N) is 7. The van der Waals surface area contributed by atoms with Gasteiger partial charge in [0.1, 0.15) is 0 Å². The first-order valence-corrected chi connectivity index (χ1v) is 34.2. The minimum Gasteiger partial charge on any atom is -0.310 e. The van der Waals surface area contributed by atoms with Gasteiger partial charge in [0, 0.05) is 96.6 Å². The first-order valence-electron chi connectivity index (χ1n) is 34.2. The molecule has 0 unspecified atom stereocenters. The lowest BCUT2D eigenvalue weighted by atomic mass is 9.89. The molecule has 5 aromatic heterocycles. The van der Waals surface area contributed by atoms with Crippen molar-refractivity contribution in [3.63, 3.8) is 0 Å². The minimum atomic E-state index is 0.634. The molecular formula is C95H55N7. The van der Waals surface area contributed by atoms with Crippen molar-refractivity contribution >= 4 is 130 Å². The summed E-state index contributed by atoms with van der Waals surface area (Å²) in [5, 5.41) is 22.2. The Morgan fingerprint density at radius 2 is 0.569 bits per heavy atom. The first-order chi connectivity index (χ1) is 50.4. The zero-order valence-corrected chi connectivity index (χ0v) is 54.9. The summed E-state index contributed by atoms with van der Waals surface area (Å²) in [6, 6.07) is 110. The molecule has 0 amide bonds. The first kappa shape index (κ1) is 58.1. The fraction of sp³-hybridized carbons (Fsp3) is 0. The van der Waals surface area contributed by atoms with Crippen molar-refractivity contribution in [1.29, 1.82) is 0 Å². The molecular weight excluding hydrogens is 1240 g/mol. The summed E-state index contributed by atoms with van der Waals surface area (Å²) >= 11 is 0. The highest BCUT2D eigenvalue weighted by Gasteiger charge is 2.20. The van der Waals surface area contributed by atoms with E-state index in [2.05, 4.69) is 291 Å². The van der Waals surface area contributed by atoms with Crippen LogP contribution in [0.3, 0.4) is 0 Å².